The van der Waals surface area contributed by atoms with Crippen LogP contribution in [0.1, 0.15) is 16.1 Å². The molecule has 0 saturated carbocycles. The molecule has 2 heterocycles. The van der Waals surface area contributed by atoms with Crippen molar-refractivity contribution in [2.24, 2.45) is 0 Å². The summed E-state index contributed by atoms with van der Waals surface area (Å²) in [6, 6.07) is 14.9. The smallest absolute Gasteiger partial charge is 0.279 e. The van der Waals surface area contributed by atoms with E-state index in [0.29, 0.717) is 16.6 Å². The lowest BCUT2D eigenvalue weighted by atomic mass is 10.1. The first-order valence-corrected chi connectivity index (χ1v) is 8.75. The van der Waals surface area contributed by atoms with Gasteiger partial charge in [0.2, 0.25) is 0 Å². The van der Waals surface area contributed by atoms with Crippen LogP contribution in [0.3, 0.4) is 0 Å². The molecule has 0 aliphatic heterocycles. The molecule has 2 aromatic heterocycles. The van der Waals surface area contributed by atoms with E-state index < -0.39 is 0 Å². The molecule has 0 bridgehead atoms. The highest BCUT2D eigenvalue weighted by molar-refractivity contribution is 7.22. The zero-order valence-electron chi connectivity index (χ0n) is 14.1. The van der Waals surface area contributed by atoms with Crippen molar-refractivity contribution in [3.63, 3.8) is 0 Å². The van der Waals surface area contributed by atoms with E-state index in [0.717, 1.165) is 21.3 Å². The zero-order valence-corrected chi connectivity index (χ0v) is 15.0. The minimum Gasteiger partial charge on any atom is -0.494 e. The van der Waals surface area contributed by atoms with E-state index in [2.05, 4.69) is 15.5 Å². The molecule has 0 spiro atoms. The average Bonchev–Trinajstić information content (AvgIpc) is 3.30. The summed E-state index contributed by atoms with van der Waals surface area (Å²) in [4.78, 5) is 17.0. The van der Waals surface area contributed by atoms with E-state index in [1.54, 1.807) is 13.2 Å². The largest absolute Gasteiger partial charge is 0.494 e. The molecule has 0 unspecified atom stereocenters. The number of benzene rings is 2. The fourth-order valence-corrected chi connectivity index (χ4v) is 3.56. The molecule has 0 aliphatic carbocycles. The van der Waals surface area contributed by atoms with E-state index in [1.807, 2.05) is 49.4 Å². The van der Waals surface area contributed by atoms with Gasteiger partial charge in [-0.25, -0.2) is 4.98 Å². The number of carbonyl (C=O) groups excluding carboxylic acids is 1. The summed E-state index contributed by atoms with van der Waals surface area (Å²) in [6.07, 6.45) is 0. The van der Waals surface area contributed by atoms with Crippen molar-refractivity contribution >= 4 is 32.6 Å². The number of nitrogens with zero attached hydrogens (tertiary/aromatic N) is 2. The molecule has 1 N–H and O–H groups in total. The Balaban J connectivity index is 1.60. The zero-order chi connectivity index (χ0) is 18.1. The Morgan fingerprint density at radius 3 is 2.77 bits per heavy atom. The third-order valence-corrected chi connectivity index (χ3v) is 5.05. The maximum absolute atomic E-state index is 12.5. The molecule has 6 nitrogen and oxygen atoms in total. The maximum atomic E-state index is 12.5. The van der Waals surface area contributed by atoms with Crippen LogP contribution in [0.4, 0.5) is 5.13 Å². The van der Waals surface area contributed by atoms with Crippen LogP contribution in [0.15, 0.2) is 53.1 Å². The lowest BCUT2D eigenvalue weighted by molar-refractivity contribution is 0.101. The van der Waals surface area contributed by atoms with Gasteiger partial charge in [-0.1, -0.05) is 52.9 Å². The van der Waals surface area contributed by atoms with Crippen LogP contribution in [0.2, 0.25) is 0 Å². The molecule has 7 heteroatoms. The second-order valence-electron chi connectivity index (χ2n) is 5.68. The molecule has 4 rings (SSSR count). The average molecular weight is 365 g/mol. The van der Waals surface area contributed by atoms with Crippen LogP contribution in [-0.4, -0.2) is 23.2 Å². The summed E-state index contributed by atoms with van der Waals surface area (Å²) >= 11 is 1.40. The molecule has 0 fully saturated rings. The number of hydrogen-bond acceptors (Lipinski definition) is 6. The first-order chi connectivity index (χ1) is 12.7. The molecule has 4 aromatic rings. The van der Waals surface area contributed by atoms with Crippen molar-refractivity contribution in [2.75, 3.05) is 12.4 Å². The van der Waals surface area contributed by atoms with Gasteiger partial charge in [-0.2, -0.15) is 0 Å². The topological polar surface area (TPSA) is 77.2 Å². The lowest BCUT2D eigenvalue weighted by Gasteiger charge is -2.01. The van der Waals surface area contributed by atoms with Crippen molar-refractivity contribution in [3.05, 3.63) is 59.8 Å². The predicted molar refractivity (Wildman–Crippen MR) is 101 cm³/mol. The third kappa shape index (κ3) is 2.93. The van der Waals surface area contributed by atoms with Gasteiger partial charge < -0.3 is 9.26 Å². The first-order valence-electron chi connectivity index (χ1n) is 7.93. The van der Waals surface area contributed by atoms with Crippen LogP contribution >= 0.6 is 11.3 Å². The van der Waals surface area contributed by atoms with E-state index in [1.165, 1.54) is 11.3 Å². The summed E-state index contributed by atoms with van der Waals surface area (Å²) in [5.74, 6) is 0.847. The summed E-state index contributed by atoms with van der Waals surface area (Å²) in [6.45, 7) is 2.00. The van der Waals surface area contributed by atoms with Gasteiger partial charge >= 0.3 is 0 Å². The Bertz CT molecular complexity index is 1090. The van der Waals surface area contributed by atoms with E-state index in [4.69, 9.17) is 9.26 Å². The highest BCUT2D eigenvalue weighted by atomic mass is 32.1. The van der Waals surface area contributed by atoms with E-state index in [-0.39, 0.29) is 11.6 Å². The maximum Gasteiger partial charge on any atom is 0.279 e. The van der Waals surface area contributed by atoms with Crippen LogP contribution in [0.5, 0.6) is 5.75 Å². The van der Waals surface area contributed by atoms with E-state index >= 15 is 0 Å². The van der Waals surface area contributed by atoms with Crippen molar-refractivity contribution < 1.29 is 14.1 Å². The Morgan fingerprint density at radius 1 is 1.19 bits per heavy atom. The molecule has 0 atom stereocenters. The van der Waals surface area contributed by atoms with Gasteiger partial charge in [0.1, 0.15) is 11.3 Å². The quantitative estimate of drug-likeness (QED) is 0.575. The van der Waals surface area contributed by atoms with Gasteiger partial charge in [0, 0.05) is 11.6 Å². The second kappa shape index (κ2) is 6.61. The highest BCUT2D eigenvalue weighted by Crippen LogP contribution is 2.34. The number of carbonyl (C=O) groups is 1. The monoisotopic (exact) mass is 365 g/mol. The number of thiazole rings is 1. The molecule has 0 saturated heterocycles. The molecule has 2 aromatic carbocycles. The minimum atomic E-state index is -0.369. The fourth-order valence-electron chi connectivity index (χ4n) is 2.61. The fraction of sp³-hybridized carbons (Fsp3) is 0.105. The van der Waals surface area contributed by atoms with Crippen molar-refractivity contribution in [1.29, 1.82) is 0 Å². The number of amides is 1. The summed E-state index contributed by atoms with van der Waals surface area (Å²) in [5, 5.41) is 7.13. The normalized spacial score (nSPS) is 10.8. The number of hydrogen-bond donors (Lipinski definition) is 1. The van der Waals surface area contributed by atoms with Gasteiger partial charge in [0.05, 0.1) is 11.8 Å². The number of anilines is 1. The number of rotatable bonds is 4. The van der Waals surface area contributed by atoms with Gasteiger partial charge in [-0.3, -0.25) is 10.1 Å². The Hall–Kier alpha value is -3.19. The van der Waals surface area contributed by atoms with Crippen LogP contribution in [0, 0.1) is 6.92 Å². The van der Waals surface area contributed by atoms with Crippen LogP contribution < -0.4 is 10.1 Å². The summed E-state index contributed by atoms with van der Waals surface area (Å²) in [5.41, 5.74) is 2.87. The number of ether oxygens (including phenoxy) is 1. The molecule has 0 aliphatic rings. The van der Waals surface area contributed by atoms with Gasteiger partial charge in [0.25, 0.3) is 5.91 Å². The number of nitrogens with one attached hydrogen (secondary N) is 1. The number of methoxy groups -OCH3 is 1. The molecule has 26 heavy (non-hydrogen) atoms. The Kier molecular flexibility index (Phi) is 4.14. The molecule has 0 radical (unpaired) electrons. The molecule has 1 amide bonds. The van der Waals surface area contributed by atoms with Crippen molar-refractivity contribution in [2.45, 2.75) is 6.92 Å². The number of aromatic nitrogens is 2. The standard InChI is InChI=1S/C19H15N3O3S/c1-11-8-9-14(24-2)16-17(11)26-19(20-16)21-18(23)13-10-15(25-22-13)12-6-4-3-5-7-12/h3-10H,1-2H3,(H,20,21,23). The number of aryl methyl sites for hydroxylation is 1. The van der Waals surface area contributed by atoms with Gasteiger partial charge in [-0.05, 0) is 18.6 Å². The Labute approximate surface area is 153 Å². The number of fused-ring (bicyclic) bond motifs is 1. The Morgan fingerprint density at radius 2 is 2.00 bits per heavy atom. The lowest BCUT2D eigenvalue weighted by Crippen LogP contribution is -2.11. The van der Waals surface area contributed by atoms with Gasteiger partial charge in [0.15, 0.2) is 16.6 Å². The predicted octanol–water partition coefficient (Wildman–Crippen LogP) is 4.52. The summed E-state index contributed by atoms with van der Waals surface area (Å²) in [7, 11) is 1.60. The SMILES string of the molecule is COc1ccc(C)c2sc(NC(=O)c3cc(-c4ccccc4)on3)nc12. The molecular weight excluding hydrogens is 350 g/mol. The van der Waals surface area contributed by atoms with Crippen LogP contribution in [0.25, 0.3) is 21.5 Å². The first kappa shape index (κ1) is 16.3. The molecule has 130 valence electrons. The highest BCUT2D eigenvalue weighted by Gasteiger charge is 2.17. The van der Waals surface area contributed by atoms with E-state index in [9.17, 15) is 4.79 Å². The summed E-state index contributed by atoms with van der Waals surface area (Å²) < 4.78 is 11.6. The van der Waals surface area contributed by atoms with Crippen molar-refractivity contribution in [1.82, 2.24) is 10.1 Å². The third-order valence-electron chi connectivity index (χ3n) is 3.94. The van der Waals surface area contributed by atoms with Crippen LogP contribution in [-0.2, 0) is 0 Å². The minimum absolute atomic E-state index is 0.201. The van der Waals surface area contributed by atoms with Gasteiger partial charge in [-0.15, -0.1) is 0 Å². The van der Waals surface area contributed by atoms with Crippen molar-refractivity contribution in [3.8, 4) is 17.1 Å². The second-order valence-corrected chi connectivity index (χ2v) is 6.68. The molecular formula is C19H15N3O3S.